The molecule has 1 rings (SSSR count). The largest absolute Gasteiger partial charge is 0.343 e. The summed E-state index contributed by atoms with van der Waals surface area (Å²) in [6.07, 6.45) is 3.11. The van der Waals surface area contributed by atoms with E-state index in [1.807, 2.05) is 13.8 Å². The van der Waals surface area contributed by atoms with Crippen molar-refractivity contribution in [3.8, 4) is 0 Å². The van der Waals surface area contributed by atoms with Crippen molar-refractivity contribution in [1.29, 1.82) is 0 Å². The van der Waals surface area contributed by atoms with Crippen LogP contribution in [0.3, 0.4) is 0 Å². The molecule has 0 bridgehead atoms. The Morgan fingerprint density at radius 3 is 2.29 bits per heavy atom. The number of unbranched alkanes of at least 4 members (excludes halogenated alkanes) is 1. The van der Waals surface area contributed by atoms with Gasteiger partial charge < -0.3 is 16.4 Å². The molecule has 1 fully saturated rings. The van der Waals surface area contributed by atoms with Crippen LogP contribution in [0.1, 0.15) is 39.5 Å². The second-order valence-corrected chi connectivity index (χ2v) is 5.04. The predicted molar refractivity (Wildman–Crippen MR) is 66.2 cm³/mol. The number of hydrogen-bond donors (Lipinski definition) is 3. The Kier molecular flexibility index (Phi) is 5.41. The molecule has 2 amide bonds. The number of hydrogen-bond acceptors (Lipinski definition) is 3. The molecule has 1 aliphatic rings. The van der Waals surface area contributed by atoms with Crippen molar-refractivity contribution in [3.05, 3.63) is 0 Å². The molecule has 2 atom stereocenters. The van der Waals surface area contributed by atoms with Crippen molar-refractivity contribution in [2.24, 2.45) is 11.7 Å². The summed E-state index contributed by atoms with van der Waals surface area (Å²) in [7, 11) is 0. The fourth-order valence-corrected chi connectivity index (χ4v) is 2.01. The highest BCUT2D eigenvalue weighted by atomic mass is 16.2. The van der Waals surface area contributed by atoms with Gasteiger partial charge >= 0.3 is 0 Å². The summed E-state index contributed by atoms with van der Waals surface area (Å²) in [6.45, 7) is 4.69. The van der Waals surface area contributed by atoms with Crippen LogP contribution in [-0.4, -0.2) is 30.4 Å². The molecule has 1 heterocycles. The number of piperazine rings is 1. The number of nitrogens with two attached hydrogens (primary N) is 1. The first-order valence-corrected chi connectivity index (χ1v) is 6.35. The van der Waals surface area contributed by atoms with Crippen LogP contribution >= 0.6 is 0 Å². The molecule has 1 aliphatic heterocycles. The number of amides is 2. The minimum atomic E-state index is -0.377. The number of carbonyl (C=O) groups excluding carboxylic acids is 2. The molecule has 0 aromatic rings. The Bertz CT molecular complexity index is 279. The molecule has 0 aliphatic carbocycles. The normalized spacial score (nSPS) is 24.7. The third-order valence-corrected chi connectivity index (χ3v) is 2.92. The Morgan fingerprint density at radius 2 is 1.71 bits per heavy atom. The topological polar surface area (TPSA) is 84.2 Å². The lowest BCUT2D eigenvalue weighted by Crippen LogP contribution is -2.61. The lowest BCUT2D eigenvalue weighted by atomic mass is 9.98. The number of rotatable bonds is 6. The molecule has 0 unspecified atom stereocenters. The average molecular weight is 241 g/mol. The first kappa shape index (κ1) is 14.0. The first-order chi connectivity index (χ1) is 8.04. The highest BCUT2D eigenvalue weighted by molar-refractivity contribution is 5.96. The molecule has 4 N–H and O–H groups in total. The SMILES string of the molecule is CC(C)C[C@@H]1NC(=O)[C@@H](CCCCN)NC1=O. The molecule has 0 aromatic heterocycles. The van der Waals surface area contributed by atoms with Gasteiger partial charge in [-0.15, -0.1) is 0 Å². The summed E-state index contributed by atoms with van der Waals surface area (Å²) < 4.78 is 0. The molecular weight excluding hydrogens is 218 g/mol. The molecule has 0 aromatic carbocycles. The van der Waals surface area contributed by atoms with Gasteiger partial charge in [0.2, 0.25) is 11.8 Å². The molecular formula is C12H23N3O2. The summed E-state index contributed by atoms with van der Waals surface area (Å²) in [6, 6.07) is -0.745. The van der Waals surface area contributed by atoms with E-state index >= 15 is 0 Å². The zero-order valence-electron chi connectivity index (χ0n) is 10.7. The van der Waals surface area contributed by atoms with E-state index in [4.69, 9.17) is 5.73 Å². The lowest BCUT2D eigenvalue weighted by Gasteiger charge is -2.30. The zero-order chi connectivity index (χ0) is 12.8. The fraction of sp³-hybridized carbons (Fsp3) is 0.833. The third-order valence-electron chi connectivity index (χ3n) is 2.92. The summed E-state index contributed by atoms with van der Waals surface area (Å²) in [5.41, 5.74) is 5.40. The van der Waals surface area contributed by atoms with Gasteiger partial charge in [-0.05, 0) is 38.1 Å². The van der Waals surface area contributed by atoms with Gasteiger partial charge in [0.05, 0.1) is 0 Å². The first-order valence-electron chi connectivity index (χ1n) is 6.35. The molecule has 0 saturated carbocycles. The zero-order valence-corrected chi connectivity index (χ0v) is 10.7. The lowest BCUT2D eigenvalue weighted by molar-refractivity contribution is -0.137. The smallest absolute Gasteiger partial charge is 0.243 e. The van der Waals surface area contributed by atoms with E-state index < -0.39 is 0 Å². The van der Waals surface area contributed by atoms with Gasteiger partial charge in [-0.25, -0.2) is 0 Å². The third kappa shape index (κ3) is 4.34. The van der Waals surface area contributed by atoms with Gasteiger partial charge in [-0.3, -0.25) is 9.59 Å². The second-order valence-electron chi connectivity index (χ2n) is 5.04. The average Bonchev–Trinajstić information content (AvgIpc) is 2.24. The van der Waals surface area contributed by atoms with E-state index in [9.17, 15) is 9.59 Å². The van der Waals surface area contributed by atoms with Crippen LogP contribution in [0.2, 0.25) is 0 Å². The molecule has 0 spiro atoms. The monoisotopic (exact) mass is 241 g/mol. The quantitative estimate of drug-likeness (QED) is 0.579. The maximum absolute atomic E-state index is 11.8. The van der Waals surface area contributed by atoms with E-state index in [2.05, 4.69) is 10.6 Å². The van der Waals surface area contributed by atoms with Gasteiger partial charge in [-0.2, -0.15) is 0 Å². The highest BCUT2D eigenvalue weighted by Gasteiger charge is 2.33. The van der Waals surface area contributed by atoms with Crippen LogP contribution in [0.15, 0.2) is 0 Å². The fourth-order valence-electron chi connectivity index (χ4n) is 2.01. The summed E-state index contributed by atoms with van der Waals surface area (Å²) in [4.78, 5) is 23.5. The molecule has 98 valence electrons. The summed E-state index contributed by atoms with van der Waals surface area (Å²) >= 11 is 0. The number of carbonyl (C=O) groups is 2. The van der Waals surface area contributed by atoms with E-state index in [1.165, 1.54) is 0 Å². The van der Waals surface area contributed by atoms with Gasteiger partial charge in [0.15, 0.2) is 0 Å². The number of nitrogens with one attached hydrogen (secondary N) is 2. The standard InChI is InChI=1S/C12H23N3O2/c1-8(2)7-10-12(17)14-9(11(16)15-10)5-3-4-6-13/h8-10H,3-7,13H2,1-2H3,(H,14,17)(H,15,16)/t9-,10+/m1/s1. The second kappa shape index (κ2) is 6.59. The molecule has 5 nitrogen and oxygen atoms in total. The Morgan fingerprint density at radius 1 is 1.12 bits per heavy atom. The maximum atomic E-state index is 11.8. The Hall–Kier alpha value is -1.10. The summed E-state index contributed by atoms with van der Waals surface area (Å²) in [5.74, 6) is 0.267. The van der Waals surface area contributed by atoms with Crippen LogP contribution < -0.4 is 16.4 Å². The Labute approximate surface area is 103 Å². The molecule has 0 radical (unpaired) electrons. The van der Waals surface area contributed by atoms with Gasteiger partial charge in [0.1, 0.15) is 12.1 Å². The molecule has 5 heteroatoms. The van der Waals surface area contributed by atoms with Crippen molar-refractivity contribution in [1.82, 2.24) is 10.6 Å². The Balaban J connectivity index is 2.43. The van der Waals surface area contributed by atoms with Crippen molar-refractivity contribution < 1.29 is 9.59 Å². The minimum Gasteiger partial charge on any atom is -0.343 e. The van der Waals surface area contributed by atoms with Crippen LogP contribution in [0.5, 0.6) is 0 Å². The minimum absolute atomic E-state index is 0.0592. The van der Waals surface area contributed by atoms with Crippen molar-refractivity contribution in [2.45, 2.75) is 51.6 Å². The van der Waals surface area contributed by atoms with Gasteiger partial charge in [0.25, 0.3) is 0 Å². The summed E-state index contributed by atoms with van der Waals surface area (Å²) in [5, 5.41) is 5.58. The molecule has 17 heavy (non-hydrogen) atoms. The van der Waals surface area contributed by atoms with Crippen LogP contribution in [0, 0.1) is 5.92 Å². The van der Waals surface area contributed by atoms with Crippen LogP contribution in [0.4, 0.5) is 0 Å². The van der Waals surface area contributed by atoms with E-state index in [0.29, 0.717) is 25.3 Å². The van der Waals surface area contributed by atoms with Crippen LogP contribution in [-0.2, 0) is 9.59 Å². The highest BCUT2D eigenvalue weighted by Crippen LogP contribution is 2.11. The molecule has 1 saturated heterocycles. The maximum Gasteiger partial charge on any atom is 0.243 e. The van der Waals surface area contributed by atoms with Crippen molar-refractivity contribution in [3.63, 3.8) is 0 Å². The van der Waals surface area contributed by atoms with E-state index in [0.717, 1.165) is 12.8 Å². The van der Waals surface area contributed by atoms with Crippen LogP contribution in [0.25, 0.3) is 0 Å². The van der Waals surface area contributed by atoms with Gasteiger partial charge in [-0.1, -0.05) is 13.8 Å². The van der Waals surface area contributed by atoms with E-state index in [-0.39, 0.29) is 23.9 Å². The van der Waals surface area contributed by atoms with Crippen molar-refractivity contribution >= 4 is 11.8 Å². The van der Waals surface area contributed by atoms with E-state index in [1.54, 1.807) is 0 Å². The van der Waals surface area contributed by atoms with Crippen molar-refractivity contribution in [2.75, 3.05) is 6.54 Å². The predicted octanol–water partition coefficient (Wildman–Crippen LogP) is 0.145. The van der Waals surface area contributed by atoms with Gasteiger partial charge in [0, 0.05) is 0 Å².